The van der Waals surface area contributed by atoms with Crippen molar-refractivity contribution in [3.63, 3.8) is 0 Å². The lowest BCUT2D eigenvalue weighted by atomic mass is 10.2. The van der Waals surface area contributed by atoms with Crippen LogP contribution in [0.4, 0.5) is 20.2 Å². The molecule has 2 amide bonds. The Morgan fingerprint density at radius 1 is 0.857 bits per heavy atom. The number of nitrogens with zero attached hydrogens (tertiary/aromatic N) is 5. The summed E-state index contributed by atoms with van der Waals surface area (Å²) in [5, 5.41) is -0.572. The van der Waals surface area contributed by atoms with Gasteiger partial charge in [-0.25, -0.2) is 29.1 Å². The summed E-state index contributed by atoms with van der Waals surface area (Å²) in [5.74, 6) is -1.24. The molecule has 2 heterocycles. The van der Waals surface area contributed by atoms with Crippen LogP contribution in [-0.4, -0.2) is 66.3 Å². The van der Waals surface area contributed by atoms with Crippen molar-refractivity contribution in [3.8, 4) is 0 Å². The molecule has 1 unspecified atom stereocenters. The van der Waals surface area contributed by atoms with Gasteiger partial charge in [0.1, 0.15) is 34.6 Å². The van der Waals surface area contributed by atoms with Gasteiger partial charge in [0.2, 0.25) is 0 Å². The summed E-state index contributed by atoms with van der Waals surface area (Å²) in [6, 6.07) is 0. The molecule has 0 saturated heterocycles. The highest BCUT2D eigenvalue weighted by molar-refractivity contribution is 6.13. The molecule has 0 spiro atoms. The van der Waals surface area contributed by atoms with E-state index in [1.165, 1.54) is 27.7 Å². The maximum Gasteiger partial charge on any atom is 0.425 e. The van der Waals surface area contributed by atoms with Crippen LogP contribution >= 0.6 is 0 Å². The van der Waals surface area contributed by atoms with Gasteiger partial charge >= 0.3 is 29.9 Å². The largest absolute Gasteiger partial charge is 0.461 e. The van der Waals surface area contributed by atoms with Crippen molar-refractivity contribution in [2.45, 2.75) is 112 Å². The summed E-state index contributed by atoms with van der Waals surface area (Å²) in [4.78, 5) is 87.5. The monoisotopic (exact) mass is 593 g/mol. The number of hydrogen-bond acceptors (Lipinski definition) is 12. The molecule has 1 atom stereocenters. The maximum atomic E-state index is 13.9. The third kappa shape index (κ3) is 8.60. The summed E-state index contributed by atoms with van der Waals surface area (Å²) in [7, 11) is 0. The molecular weight excluding hydrogens is 554 g/mol. The number of amides is 2. The molecule has 15 nitrogen and oxygen atoms in total. The minimum absolute atomic E-state index is 0.198. The van der Waals surface area contributed by atoms with Gasteiger partial charge in [-0.05, 0) is 68.7 Å². The lowest BCUT2D eigenvalue weighted by Crippen LogP contribution is -2.49. The van der Waals surface area contributed by atoms with E-state index in [1.807, 2.05) is 0 Å². The first kappa shape index (κ1) is 33.9. The molecule has 0 N–H and O–H groups in total. The zero-order valence-corrected chi connectivity index (χ0v) is 25.9. The first-order chi connectivity index (χ1) is 19.1. The Morgan fingerprint density at radius 3 is 1.79 bits per heavy atom. The fraction of sp³-hybridized carbons (Fsp3) is 0.630. The fourth-order valence-corrected chi connectivity index (χ4v) is 3.53. The maximum absolute atomic E-state index is 13.9. The van der Waals surface area contributed by atoms with Crippen LogP contribution in [0.15, 0.2) is 15.9 Å². The molecule has 0 aliphatic heterocycles. The molecule has 0 aromatic carbocycles. The number of carbonyl (C=O) groups is 4. The number of esters is 1. The average molecular weight is 594 g/mol. The molecule has 0 radical (unpaired) electrons. The van der Waals surface area contributed by atoms with Gasteiger partial charge in [0, 0.05) is 6.92 Å². The van der Waals surface area contributed by atoms with Gasteiger partial charge in [0.25, 0.3) is 5.56 Å². The topological polar surface area (TPSA) is 178 Å². The number of ether oxygens (including phenoxy) is 4. The van der Waals surface area contributed by atoms with Gasteiger partial charge in [0.15, 0.2) is 11.5 Å². The number of anilines is 1. The second kappa shape index (κ2) is 12.3. The average Bonchev–Trinajstić information content (AvgIpc) is 2.77. The van der Waals surface area contributed by atoms with Gasteiger partial charge in [-0.2, -0.15) is 9.47 Å². The summed E-state index contributed by atoms with van der Waals surface area (Å²) in [5.41, 5.74) is -6.06. The molecule has 0 fully saturated rings. The molecule has 2 aromatic rings. The quantitative estimate of drug-likeness (QED) is 0.363. The minimum atomic E-state index is -1.33. The number of rotatable bonds is 5. The van der Waals surface area contributed by atoms with Crippen LogP contribution < -0.4 is 16.1 Å². The Morgan fingerprint density at radius 2 is 1.36 bits per heavy atom. The molecule has 0 aliphatic carbocycles. The Labute approximate surface area is 242 Å². The van der Waals surface area contributed by atoms with Crippen LogP contribution in [0.25, 0.3) is 11.0 Å². The van der Waals surface area contributed by atoms with Crippen molar-refractivity contribution < 1.29 is 38.1 Å². The van der Waals surface area contributed by atoms with Crippen LogP contribution in [0.5, 0.6) is 0 Å². The van der Waals surface area contributed by atoms with E-state index in [9.17, 15) is 28.8 Å². The summed E-state index contributed by atoms with van der Waals surface area (Å²) < 4.78 is 22.5. The molecule has 2 rings (SSSR count). The van der Waals surface area contributed by atoms with E-state index in [1.54, 1.807) is 48.5 Å². The second-order valence-electron chi connectivity index (χ2n) is 12.3. The van der Waals surface area contributed by atoms with Crippen LogP contribution in [0.1, 0.15) is 82.6 Å². The number of carbonyl (C=O) groups excluding carboxylic acids is 4. The van der Waals surface area contributed by atoms with Crippen molar-refractivity contribution in [2.75, 3.05) is 4.90 Å². The Balaban J connectivity index is 3.06. The lowest BCUT2D eigenvalue weighted by Gasteiger charge is -2.28. The number of aromatic nitrogens is 4. The zero-order valence-electron chi connectivity index (χ0n) is 25.9. The van der Waals surface area contributed by atoms with Crippen molar-refractivity contribution in [3.05, 3.63) is 27.2 Å². The van der Waals surface area contributed by atoms with Gasteiger partial charge in [-0.15, -0.1) is 0 Å². The Kier molecular flexibility index (Phi) is 9.92. The molecule has 0 saturated carbocycles. The van der Waals surface area contributed by atoms with E-state index < -0.39 is 69.6 Å². The minimum Gasteiger partial charge on any atom is -0.461 e. The van der Waals surface area contributed by atoms with Crippen LogP contribution in [0.3, 0.4) is 0 Å². The number of imide groups is 1. The third-order valence-electron chi connectivity index (χ3n) is 5.02. The van der Waals surface area contributed by atoms with Gasteiger partial charge < -0.3 is 18.9 Å². The summed E-state index contributed by atoms with van der Waals surface area (Å²) in [6.45, 7) is 16.5. The first-order valence-electron chi connectivity index (χ1n) is 13.2. The van der Waals surface area contributed by atoms with E-state index >= 15 is 0 Å². The molecule has 0 bridgehead atoms. The highest BCUT2D eigenvalue weighted by Gasteiger charge is 2.37. The molecular formula is C27H39N5O10. The van der Waals surface area contributed by atoms with Gasteiger partial charge in [-0.1, -0.05) is 6.92 Å². The second-order valence-corrected chi connectivity index (χ2v) is 12.3. The molecule has 2 aromatic heterocycles. The van der Waals surface area contributed by atoms with Crippen LogP contribution in [0.2, 0.25) is 0 Å². The van der Waals surface area contributed by atoms with E-state index in [4.69, 9.17) is 18.9 Å². The van der Waals surface area contributed by atoms with E-state index in [0.717, 1.165) is 10.9 Å². The normalized spacial score (nSPS) is 12.8. The van der Waals surface area contributed by atoms with Crippen molar-refractivity contribution in [1.29, 1.82) is 0 Å². The lowest BCUT2D eigenvalue weighted by molar-refractivity contribution is -0.147. The third-order valence-corrected chi connectivity index (χ3v) is 5.02. The SMILES string of the molecule is CCC(Cn1c(=O)n(C(=O)OC(C)(C)C)c(=O)c2c(N(C(=O)OC(C)(C)C)C(=O)OC(C)(C)C)ncnc21)OC(C)=O. The van der Waals surface area contributed by atoms with Crippen molar-refractivity contribution >= 4 is 41.1 Å². The fourth-order valence-electron chi connectivity index (χ4n) is 3.53. The predicted molar refractivity (Wildman–Crippen MR) is 150 cm³/mol. The van der Waals surface area contributed by atoms with E-state index in [-0.39, 0.29) is 23.2 Å². The first-order valence-corrected chi connectivity index (χ1v) is 13.2. The van der Waals surface area contributed by atoms with Crippen LogP contribution in [0, 0.1) is 0 Å². The molecule has 42 heavy (non-hydrogen) atoms. The molecule has 15 heteroatoms. The zero-order chi connectivity index (χ0) is 32.4. The van der Waals surface area contributed by atoms with Crippen LogP contribution in [-0.2, 0) is 30.3 Å². The van der Waals surface area contributed by atoms with Gasteiger partial charge in [0.05, 0.1) is 6.54 Å². The Hall–Kier alpha value is -4.30. The summed E-state index contributed by atoms with van der Waals surface area (Å²) in [6.07, 6.45) is -3.53. The number of hydrogen-bond donors (Lipinski definition) is 0. The molecule has 0 aliphatic rings. The highest BCUT2D eigenvalue weighted by atomic mass is 16.6. The summed E-state index contributed by atoms with van der Waals surface area (Å²) >= 11 is 0. The smallest absolute Gasteiger partial charge is 0.425 e. The Bertz CT molecular complexity index is 1460. The van der Waals surface area contributed by atoms with Crippen molar-refractivity contribution in [2.24, 2.45) is 0 Å². The van der Waals surface area contributed by atoms with E-state index in [2.05, 4.69) is 9.97 Å². The standard InChI is InChI=1S/C27H39N5O10/c1-12-16(39-15(2)33)13-30-18-17(20(34)32(21(30)35)24(38)42-27(9,10)11)19(29-14-28-18)31(22(36)40-25(3,4)5)23(37)41-26(6,7)8/h14,16H,12-13H2,1-11H3. The molecule has 232 valence electrons. The van der Waals surface area contributed by atoms with Crippen molar-refractivity contribution in [1.82, 2.24) is 19.1 Å². The van der Waals surface area contributed by atoms with Gasteiger partial charge in [-0.3, -0.25) is 14.2 Å². The predicted octanol–water partition coefficient (Wildman–Crippen LogP) is 3.75. The highest BCUT2D eigenvalue weighted by Crippen LogP contribution is 2.25. The van der Waals surface area contributed by atoms with E-state index in [0.29, 0.717) is 4.90 Å². The number of fused-ring (bicyclic) bond motifs is 1.